The van der Waals surface area contributed by atoms with Gasteiger partial charge in [-0.05, 0) is 59.9 Å². The van der Waals surface area contributed by atoms with Gasteiger partial charge in [-0.3, -0.25) is 4.79 Å². The normalized spacial score (nSPS) is 16.6. The van der Waals surface area contributed by atoms with Crippen molar-refractivity contribution in [1.29, 1.82) is 0 Å². The highest BCUT2D eigenvalue weighted by Crippen LogP contribution is 2.26. The van der Waals surface area contributed by atoms with Gasteiger partial charge in [-0.25, -0.2) is 0 Å². The number of hydrogen-bond acceptors (Lipinski definition) is 2. The molecule has 0 aliphatic carbocycles. The Kier molecular flexibility index (Phi) is 4.78. The standard InChI is InChI=1S/C14H19BrN2O/c1-17(13-5-3-2-4-12(13)15)14(18)10-11-6-8-16-9-7-11/h2-5,11,16H,6-10H2,1H3. The predicted octanol–water partition coefficient (Wildman–Crippen LogP) is 2.80. The summed E-state index contributed by atoms with van der Waals surface area (Å²) in [5, 5.41) is 3.33. The largest absolute Gasteiger partial charge is 0.317 e. The number of anilines is 1. The molecule has 0 saturated carbocycles. The molecule has 0 radical (unpaired) electrons. The molecule has 1 aliphatic rings. The minimum Gasteiger partial charge on any atom is -0.317 e. The highest BCUT2D eigenvalue weighted by atomic mass is 79.9. The third-order valence-electron chi connectivity index (χ3n) is 3.51. The number of benzene rings is 1. The van der Waals surface area contributed by atoms with Gasteiger partial charge in [0.05, 0.1) is 5.69 Å². The van der Waals surface area contributed by atoms with Gasteiger partial charge in [0.1, 0.15) is 0 Å². The second-order valence-corrected chi connectivity index (χ2v) is 5.66. The smallest absolute Gasteiger partial charge is 0.227 e. The zero-order valence-electron chi connectivity index (χ0n) is 10.7. The van der Waals surface area contributed by atoms with Crippen LogP contribution in [-0.2, 0) is 4.79 Å². The first-order chi connectivity index (χ1) is 8.68. The highest BCUT2D eigenvalue weighted by Gasteiger charge is 2.20. The van der Waals surface area contributed by atoms with Crippen LogP contribution in [-0.4, -0.2) is 26.0 Å². The van der Waals surface area contributed by atoms with Crippen LogP contribution in [0.1, 0.15) is 19.3 Å². The summed E-state index contributed by atoms with van der Waals surface area (Å²) < 4.78 is 0.964. The molecule has 0 bridgehead atoms. The number of halogens is 1. The Bertz CT molecular complexity index is 416. The lowest BCUT2D eigenvalue weighted by Crippen LogP contribution is -2.33. The van der Waals surface area contributed by atoms with Crippen LogP contribution in [0, 0.1) is 5.92 Å². The van der Waals surface area contributed by atoms with E-state index in [1.165, 1.54) is 0 Å². The van der Waals surface area contributed by atoms with E-state index in [0.29, 0.717) is 12.3 Å². The monoisotopic (exact) mass is 310 g/mol. The van der Waals surface area contributed by atoms with E-state index in [2.05, 4.69) is 21.2 Å². The molecule has 2 rings (SSSR count). The summed E-state index contributed by atoms with van der Waals surface area (Å²) in [7, 11) is 1.85. The third-order valence-corrected chi connectivity index (χ3v) is 4.18. The molecule has 1 amide bonds. The van der Waals surface area contributed by atoms with Crippen LogP contribution in [0.5, 0.6) is 0 Å². The van der Waals surface area contributed by atoms with Crippen molar-refractivity contribution in [2.24, 2.45) is 5.92 Å². The third kappa shape index (κ3) is 3.33. The van der Waals surface area contributed by atoms with E-state index < -0.39 is 0 Å². The molecule has 1 aromatic rings. The molecule has 1 aromatic carbocycles. The van der Waals surface area contributed by atoms with Crippen molar-refractivity contribution in [3.05, 3.63) is 28.7 Å². The maximum atomic E-state index is 12.2. The molecule has 1 saturated heterocycles. The molecular weight excluding hydrogens is 292 g/mol. The number of nitrogens with one attached hydrogen (secondary N) is 1. The molecular formula is C14H19BrN2O. The topological polar surface area (TPSA) is 32.3 Å². The van der Waals surface area contributed by atoms with Gasteiger partial charge in [-0.2, -0.15) is 0 Å². The fourth-order valence-corrected chi connectivity index (χ4v) is 2.88. The Morgan fingerprint density at radius 1 is 1.39 bits per heavy atom. The van der Waals surface area contributed by atoms with Crippen LogP contribution >= 0.6 is 15.9 Å². The fourth-order valence-electron chi connectivity index (χ4n) is 2.33. The predicted molar refractivity (Wildman–Crippen MR) is 77.8 cm³/mol. The van der Waals surface area contributed by atoms with Gasteiger partial charge in [-0.1, -0.05) is 12.1 Å². The molecule has 1 aliphatic heterocycles. The van der Waals surface area contributed by atoms with E-state index in [0.717, 1.165) is 36.1 Å². The van der Waals surface area contributed by atoms with Crippen LogP contribution in [0.2, 0.25) is 0 Å². The lowest BCUT2D eigenvalue weighted by Gasteiger charge is -2.25. The Morgan fingerprint density at radius 2 is 2.06 bits per heavy atom. The van der Waals surface area contributed by atoms with Crippen molar-refractivity contribution in [1.82, 2.24) is 5.32 Å². The summed E-state index contributed by atoms with van der Waals surface area (Å²) in [5.41, 5.74) is 0.941. The van der Waals surface area contributed by atoms with Crippen LogP contribution in [0.25, 0.3) is 0 Å². The Labute approximate surface area is 117 Å². The van der Waals surface area contributed by atoms with E-state index in [4.69, 9.17) is 0 Å². The van der Waals surface area contributed by atoms with Gasteiger partial charge in [0.15, 0.2) is 0 Å². The van der Waals surface area contributed by atoms with Crippen molar-refractivity contribution in [3.63, 3.8) is 0 Å². The molecule has 1 heterocycles. The second-order valence-electron chi connectivity index (χ2n) is 4.80. The van der Waals surface area contributed by atoms with E-state index >= 15 is 0 Å². The summed E-state index contributed by atoms with van der Waals surface area (Å²) in [4.78, 5) is 14.0. The minimum atomic E-state index is 0.203. The molecule has 1 fully saturated rings. The summed E-state index contributed by atoms with van der Waals surface area (Å²) in [6.07, 6.45) is 2.87. The Hall–Kier alpha value is -0.870. The van der Waals surface area contributed by atoms with Crippen LogP contribution in [0.15, 0.2) is 28.7 Å². The first kappa shape index (κ1) is 13.6. The van der Waals surface area contributed by atoms with Gasteiger partial charge in [0.25, 0.3) is 0 Å². The zero-order valence-corrected chi connectivity index (χ0v) is 12.2. The fraction of sp³-hybridized carbons (Fsp3) is 0.500. The van der Waals surface area contributed by atoms with Gasteiger partial charge in [-0.15, -0.1) is 0 Å². The van der Waals surface area contributed by atoms with Crippen LogP contribution in [0.3, 0.4) is 0 Å². The van der Waals surface area contributed by atoms with Gasteiger partial charge < -0.3 is 10.2 Å². The summed E-state index contributed by atoms with van der Waals surface area (Å²) in [5.74, 6) is 0.734. The van der Waals surface area contributed by atoms with Crippen LogP contribution < -0.4 is 10.2 Å². The number of carbonyl (C=O) groups excluding carboxylic acids is 1. The number of rotatable bonds is 3. The van der Waals surface area contributed by atoms with Crippen molar-refractivity contribution >= 4 is 27.5 Å². The second kappa shape index (κ2) is 6.34. The highest BCUT2D eigenvalue weighted by molar-refractivity contribution is 9.10. The first-order valence-corrected chi connectivity index (χ1v) is 7.19. The molecule has 3 nitrogen and oxygen atoms in total. The van der Waals surface area contributed by atoms with Crippen molar-refractivity contribution in [2.45, 2.75) is 19.3 Å². The van der Waals surface area contributed by atoms with E-state index in [9.17, 15) is 4.79 Å². The van der Waals surface area contributed by atoms with Crippen LogP contribution in [0.4, 0.5) is 5.69 Å². The van der Waals surface area contributed by atoms with Crippen molar-refractivity contribution < 1.29 is 4.79 Å². The summed E-state index contributed by atoms with van der Waals surface area (Å²) in [6, 6.07) is 7.83. The molecule has 0 atom stereocenters. The van der Waals surface area contributed by atoms with Crippen molar-refractivity contribution in [2.75, 3.05) is 25.0 Å². The zero-order chi connectivity index (χ0) is 13.0. The van der Waals surface area contributed by atoms with Gasteiger partial charge >= 0.3 is 0 Å². The quantitative estimate of drug-likeness (QED) is 0.931. The Balaban J connectivity index is 1.98. The maximum Gasteiger partial charge on any atom is 0.227 e. The number of nitrogens with zero attached hydrogens (tertiary/aromatic N) is 1. The number of amides is 1. The number of piperidine rings is 1. The average molecular weight is 311 g/mol. The first-order valence-electron chi connectivity index (χ1n) is 6.40. The lowest BCUT2D eigenvalue weighted by molar-refractivity contribution is -0.119. The molecule has 0 unspecified atom stereocenters. The number of hydrogen-bond donors (Lipinski definition) is 1. The SMILES string of the molecule is CN(C(=O)CC1CCNCC1)c1ccccc1Br. The summed E-state index contributed by atoms with van der Waals surface area (Å²) in [6.45, 7) is 2.08. The molecule has 0 aromatic heterocycles. The van der Waals surface area contributed by atoms with E-state index in [1.54, 1.807) is 4.90 Å². The molecule has 0 spiro atoms. The average Bonchev–Trinajstić information content (AvgIpc) is 2.39. The minimum absolute atomic E-state index is 0.203. The van der Waals surface area contributed by atoms with Crippen molar-refractivity contribution in [3.8, 4) is 0 Å². The lowest BCUT2D eigenvalue weighted by atomic mass is 9.94. The van der Waals surface area contributed by atoms with E-state index in [-0.39, 0.29) is 5.91 Å². The molecule has 1 N–H and O–H groups in total. The number of carbonyl (C=O) groups is 1. The van der Waals surface area contributed by atoms with Gasteiger partial charge in [0.2, 0.25) is 5.91 Å². The summed E-state index contributed by atoms with van der Waals surface area (Å²) >= 11 is 3.49. The Morgan fingerprint density at radius 3 is 2.72 bits per heavy atom. The molecule has 4 heteroatoms. The van der Waals surface area contributed by atoms with E-state index in [1.807, 2.05) is 31.3 Å². The number of para-hydroxylation sites is 1. The molecule has 18 heavy (non-hydrogen) atoms. The van der Waals surface area contributed by atoms with Gasteiger partial charge in [0, 0.05) is 17.9 Å². The maximum absolute atomic E-state index is 12.2. The molecule has 98 valence electrons.